The molecule has 0 saturated heterocycles. The Morgan fingerprint density at radius 1 is 1.00 bits per heavy atom. The summed E-state index contributed by atoms with van der Waals surface area (Å²) in [6.45, 7) is 0. The van der Waals surface area contributed by atoms with Gasteiger partial charge in [-0.25, -0.2) is 25.6 Å². The molecule has 0 aromatic heterocycles. The molecule has 0 bridgehead atoms. The fourth-order valence-corrected chi connectivity index (χ4v) is 8.49. The third kappa shape index (κ3) is 6.84. The Morgan fingerprint density at radius 2 is 1.61 bits per heavy atom. The number of sulfone groups is 1. The summed E-state index contributed by atoms with van der Waals surface area (Å²) in [7, 11) is -7.74. The summed E-state index contributed by atoms with van der Waals surface area (Å²) < 4.78 is 146. The Morgan fingerprint density at radius 3 is 2.13 bits per heavy atom. The fraction of sp³-hybridized carbons (Fsp3) is 0.455. The highest BCUT2D eigenvalue weighted by atomic mass is 35.7. The summed E-state index contributed by atoms with van der Waals surface area (Å²) in [4.78, 5) is -0.625. The van der Waals surface area contributed by atoms with Gasteiger partial charge in [0, 0.05) is 16.2 Å². The van der Waals surface area contributed by atoms with Crippen LogP contribution in [-0.2, 0) is 44.1 Å². The van der Waals surface area contributed by atoms with Gasteiger partial charge in [0.2, 0.25) is 9.05 Å². The van der Waals surface area contributed by atoms with E-state index in [1.807, 2.05) is 0 Å². The van der Waals surface area contributed by atoms with Gasteiger partial charge in [0.05, 0.1) is 28.6 Å². The number of alkyl halides is 3. The molecule has 0 heterocycles. The van der Waals surface area contributed by atoms with E-state index < -0.39 is 105 Å². The number of hydrogen-bond acceptors (Lipinski definition) is 7. The van der Waals surface area contributed by atoms with Gasteiger partial charge in [0.25, 0.3) is 10.1 Å². The summed E-state index contributed by atoms with van der Waals surface area (Å²) in [6, 6.07) is 4.50. The second kappa shape index (κ2) is 10.6. The molecule has 0 amide bonds. The Bertz CT molecular complexity index is 1510. The molecule has 0 unspecified atom stereocenters. The molecule has 0 aliphatic heterocycles. The second-order valence-electron chi connectivity index (χ2n) is 9.02. The van der Waals surface area contributed by atoms with Gasteiger partial charge in [-0.05, 0) is 74.1 Å². The van der Waals surface area contributed by atoms with Gasteiger partial charge in [0.15, 0.2) is 9.84 Å². The minimum Gasteiger partial charge on any atom is -0.267 e. The normalized spacial score (nSPS) is 23.3. The highest BCUT2D eigenvalue weighted by Crippen LogP contribution is 2.51. The van der Waals surface area contributed by atoms with E-state index in [2.05, 4.69) is 0 Å². The van der Waals surface area contributed by atoms with Crippen LogP contribution in [0.2, 0.25) is 0 Å². The van der Waals surface area contributed by atoms with Gasteiger partial charge in [-0.2, -0.15) is 21.6 Å². The van der Waals surface area contributed by atoms with Crippen LogP contribution in [-0.4, -0.2) is 43.4 Å². The number of hydrogen-bond donors (Lipinski definition) is 0. The Hall–Kier alpha value is -1.81. The minimum absolute atomic E-state index is 0.351. The Labute approximate surface area is 221 Å². The summed E-state index contributed by atoms with van der Waals surface area (Å²) >= 11 is 0. The molecule has 38 heavy (non-hydrogen) atoms. The van der Waals surface area contributed by atoms with E-state index >= 15 is 4.39 Å². The van der Waals surface area contributed by atoms with E-state index in [1.165, 1.54) is 0 Å². The lowest BCUT2D eigenvalue weighted by molar-refractivity contribution is -0.137. The molecule has 2 aromatic carbocycles. The average Bonchev–Trinajstić information content (AvgIpc) is 2.78. The van der Waals surface area contributed by atoms with Crippen LogP contribution in [0.4, 0.5) is 22.0 Å². The summed E-state index contributed by atoms with van der Waals surface area (Å²) in [5.74, 6) is -4.00. The van der Waals surface area contributed by atoms with Crippen molar-refractivity contribution in [1.29, 1.82) is 0 Å². The second-order valence-corrected chi connectivity index (χ2v) is 15.8. The minimum atomic E-state index is -4.79. The monoisotopic (exact) mass is 624 g/mol. The van der Waals surface area contributed by atoms with Gasteiger partial charge in [0.1, 0.15) is 16.4 Å². The maximum Gasteiger partial charge on any atom is 0.416 e. The first-order chi connectivity index (χ1) is 17.3. The van der Waals surface area contributed by atoms with Crippen molar-refractivity contribution in [3.05, 3.63) is 65.2 Å². The number of rotatable bonds is 8. The molecule has 3 rings (SSSR count). The van der Waals surface area contributed by atoms with Gasteiger partial charge < -0.3 is 0 Å². The van der Waals surface area contributed by atoms with Crippen LogP contribution >= 0.6 is 10.7 Å². The van der Waals surface area contributed by atoms with E-state index in [0.29, 0.717) is 36.4 Å². The van der Waals surface area contributed by atoms with Crippen LogP contribution in [0.3, 0.4) is 0 Å². The highest BCUT2D eigenvalue weighted by Gasteiger charge is 2.53. The number of benzene rings is 2. The molecule has 1 aliphatic carbocycles. The molecule has 3 atom stereocenters. The van der Waals surface area contributed by atoms with Crippen LogP contribution in [0.1, 0.15) is 36.8 Å². The van der Waals surface area contributed by atoms with Crippen LogP contribution in [0.5, 0.6) is 0 Å². The van der Waals surface area contributed by atoms with Gasteiger partial charge in [-0.3, -0.25) is 4.18 Å². The first-order valence-corrected chi connectivity index (χ1v) is 16.7. The third-order valence-corrected chi connectivity index (χ3v) is 10.7. The van der Waals surface area contributed by atoms with Crippen molar-refractivity contribution < 1.29 is 51.4 Å². The molecule has 0 spiro atoms. The highest BCUT2D eigenvalue weighted by molar-refractivity contribution is 8.13. The van der Waals surface area contributed by atoms with Gasteiger partial charge in [-0.1, -0.05) is 0 Å². The number of halogens is 6. The molecule has 0 N–H and O–H groups in total. The van der Waals surface area contributed by atoms with Crippen molar-refractivity contribution in [3.8, 4) is 0 Å². The Kier molecular flexibility index (Phi) is 8.60. The molecule has 7 nitrogen and oxygen atoms in total. The van der Waals surface area contributed by atoms with Crippen molar-refractivity contribution in [2.24, 2.45) is 5.92 Å². The molecule has 0 radical (unpaired) electrons. The SMILES string of the molecule is CS(=O)(=O)O[C@H]1CC[C@](c2cc(F)ccc2F)(S(=O)(=O)c2ccc(C(F)(F)F)cc2)C[C@@H]1CCS(=O)(=O)Cl. The van der Waals surface area contributed by atoms with Crippen molar-refractivity contribution in [2.45, 2.75) is 47.6 Å². The first-order valence-electron chi connectivity index (χ1n) is 10.9. The lowest BCUT2D eigenvalue weighted by Gasteiger charge is -2.44. The molecule has 1 aliphatic rings. The van der Waals surface area contributed by atoms with Gasteiger partial charge >= 0.3 is 6.18 Å². The predicted octanol–water partition coefficient (Wildman–Crippen LogP) is 4.76. The summed E-state index contributed by atoms with van der Waals surface area (Å²) in [6.07, 6.45) is -7.16. The molecular weight excluding hydrogens is 603 g/mol. The van der Waals surface area contributed by atoms with Crippen LogP contribution < -0.4 is 0 Å². The van der Waals surface area contributed by atoms with Crippen molar-refractivity contribution in [1.82, 2.24) is 0 Å². The van der Waals surface area contributed by atoms with E-state index in [4.69, 9.17) is 14.9 Å². The lowest BCUT2D eigenvalue weighted by atomic mass is 9.74. The van der Waals surface area contributed by atoms with E-state index in [1.54, 1.807) is 0 Å². The quantitative estimate of drug-likeness (QED) is 0.237. The zero-order chi connectivity index (χ0) is 28.7. The molecular formula is C22H22ClF5O7S3. The maximum absolute atomic E-state index is 15.1. The molecule has 212 valence electrons. The standard InChI is InChI=1S/C22H22ClF5O7S3/c1-36(29,30)35-20-8-10-21(13-14(20)9-11-37(23,31)32,18-12-16(24)4-7-19(18)25)38(33,34)17-5-2-15(3-6-17)22(26,27)28/h2-7,12,14,20H,8-11,13H2,1H3/t14-,20-,21-/m0/s1. The molecule has 16 heteroatoms. The molecule has 2 aromatic rings. The smallest absolute Gasteiger partial charge is 0.267 e. The van der Waals surface area contributed by atoms with Crippen LogP contribution in [0, 0.1) is 17.6 Å². The fourth-order valence-electron chi connectivity index (χ4n) is 4.73. The zero-order valence-electron chi connectivity index (χ0n) is 19.6. The van der Waals surface area contributed by atoms with Crippen LogP contribution in [0.25, 0.3) is 0 Å². The molecule has 1 saturated carbocycles. The van der Waals surface area contributed by atoms with Crippen molar-refractivity contribution >= 4 is 39.7 Å². The van der Waals surface area contributed by atoms with E-state index in [0.717, 1.165) is 12.3 Å². The zero-order valence-corrected chi connectivity index (χ0v) is 22.8. The topological polar surface area (TPSA) is 112 Å². The molecule has 1 fully saturated rings. The summed E-state index contributed by atoms with van der Waals surface area (Å²) in [5, 5.41) is 0. The van der Waals surface area contributed by atoms with E-state index in [-0.39, 0.29) is 6.42 Å². The lowest BCUT2D eigenvalue weighted by Crippen LogP contribution is -2.47. The van der Waals surface area contributed by atoms with Crippen LogP contribution in [0.15, 0.2) is 47.4 Å². The largest absolute Gasteiger partial charge is 0.416 e. The average molecular weight is 625 g/mol. The van der Waals surface area contributed by atoms with E-state index in [9.17, 15) is 42.8 Å². The Balaban J connectivity index is 2.21. The van der Waals surface area contributed by atoms with Crippen molar-refractivity contribution in [2.75, 3.05) is 12.0 Å². The van der Waals surface area contributed by atoms with Gasteiger partial charge in [-0.15, -0.1) is 0 Å². The maximum atomic E-state index is 15.1. The first kappa shape index (κ1) is 30.7. The third-order valence-electron chi connectivity index (χ3n) is 6.41. The predicted molar refractivity (Wildman–Crippen MR) is 128 cm³/mol. The summed E-state index contributed by atoms with van der Waals surface area (Å²) in [5.41, 5.74) is -1.77. The van der Waals surface area contributed by atoms with Crippen molar-refractivity contribution in [3.63, 3.8) is 0 Å².